The molecule has 0 aliphatic carbocycles. The number of hydrogen-bond acceptors (Lipinski definition) is 6. The van der Waals surface area contributed by atoms with E-state index in [1.54, 1.807) is 0 Å². The molecule has 0 bridgehead atoms. The Bertz CT molecular complexity index is 796. The van der Waals surface area contributed by atoms with Gasteiger partial charge in [-0.25, -0.2) is 9.97 Å². The zero-order valence-corrected chi connectivity index (χ0v) is 19.4. The SMILES string of the molecule is O.O.O.O=P(O)(O)C(NCCCCOc1cnc2ccccc2n1)P(=O)(O)O.[Na]. The predicted molar refractivity (Wildman–Crippen MR) is 107 cm³/mol. The van der Waals surface area contributed by atoms with Gasteiger partial charge in [0.2, 0.25) is 11.4 Å². The van der Waals surface area contributed by atoms with Crippen molar-refractivity contribution in [3.05, 3.63) is 30.5 Å². The van der Waals surface area contributed by atoms with Gasteiger partial charge >= 0.3 is 15.2 Å². The van der Waals surface area contributed by atoms with Crippen molar-refractivity contribution < 1.29 is 49.9 Å². The molecule has 0 spiro atoms. The number of hydrogen-bond donors (Lipinski definition) is 5. The van der Waals surface area contributed by atoms with Crippen LogP contribution in [0.4, 0.5) is 0 Å². The second-order valence-corrected chi connectivity index (χ2v) is 9.06. The number of para-hydroxylation sites is 2. The number of fused-ring (bicyclic) bond motifs is 1. The second kappa shape index (κ2) is 14.5. The summed E-state index contributed by atoms with van der Waals surface area (Å²) >= 11 is 0. The third-order valence-electron chi connectivity index (χ3n) is 3.21. The molecule has 0 aliphatic rings. The summed E-state index contributed by atoms with van der Waals surface area (Å²) in [7, 11) is -9.90. The normalized spacial score (nSPS) is 10.9. The molecule has 163 valence electrons. The van der Waals surface area contributed by atoms with Crippen LogP contribution in [0.25, 0.3) is 11.0 Å². The molecule has 2 rings (SSSR count). The average Bonchev–Trinajstić information content (AvgIpc) is 2.51. The Morgan fingerprint density at radius 1 is 0.966 bits per heavy atom. The summed E-state index contributed by atoms with van der Waals surface area (Å²) < 4.78 is 27.6. The number of rotatable bonds is 9. The van der Waals surface area contributed by atoms with Crippen LogP contribution in [0.2, 0.25) is 0 Å². The molecule has 1 heterocycles. The first kappa shape index (κ1) is 33.1. The third kappa shape index (κ3) is 10.9. The topological polar surface area (TPSA) is 257 Å². The summed E-state index contributed by atoms with van der Waals surface area (Å²) in [6, 6.07) is 7.33. The van der Waals surface area contributed by atoms with Crippen LogP contribution in [0.15, 0.2) is 30.5 Å². The van der Waals surface area contributed by atoms with Crippen LogP contribution in [0.1, 0.15) is 12.8 Å². The largest absolute Gasteiger partial charge is 0.477 e. The Morgan fingerprint density at radius 2 is 1.52 bits per heavy atom. The Kier molecular flexibility index (Phi) is 16.6. The fourth-order valence-electron chi connectivity index (χ4n) is 2.08. The Balaban J connectivity index is -0.00000169. The van der Waals surface area contributed by atoms with E-state index >= 15 is 0 Å². The zero-order valence-electron chi connectivity index (χ0n) is 15.6. The van der Waals surface area contributed by atoms with Crippen molar-refractivity contribution in [1.82, 2.24) is 15.3 Å². The fourth-order valence-corrected chi connectivity index (χ4v) is 4.38. The summed E-state index contributed by atoms with van der Waals surface area (Å²) in [5.41, 5.74) is -0.736. The van der Waals surface area contributed by atoms with Gasteiger partial charge in [-0.3, -0.25) is 14.4 Å². The maximum absolute atomic E-state index is 11.1. The molecular formula is C13H25N3NaO10P2. The van der Waals surface area contributed by atoms with Gasteiger partial charge in [0.25, 0.3) is 0 Å². The van der Waals surface area contributed by atoms with Crippen LogP contribution in [0.5, 0.6) is 5.88 Å². The molecule has 11 N–H and O–H groups in total. The molecule has 0 unspecified atom stereocenters. The van der Waals surface area contributed by atoms with Crippen LogP contribution < -0.4 is 10.1 Å². The maximum Gasteiger partial charge on any atom is 0.354 e. The number of nitrogens with zero attached hydrogens (tertiary/aromatic N) is 2. The van der Waals surface area contributed by atoms with E-state index in [1.807, 2.05) is 24.3 Å². The molecule has 1 aromatic carbocycles. The standard InChI is InChI=1S/C13H19N3O7P2.Na.3H2O/c17-24(18,19)13(25(20,21)22)14-7-3-4-8-23-12-9-15-10-5-1-2-6-11(10)16-12;;;;/h1-2,5-6,9,13-14H,3-4,7-8H2,(H2,17,18,19)(H2,20,21,22);;3*1H2. The molecule has 1 aromatic heterocycles. The van der Waals surface area contributed by atoms with Crippen LogP contribution in [0.3, 0.4) is 0 Å². The zero-order chi connectivity index (χ0) is 18.5. The van der Waals surface area contributed by atoms with E-state index in [4.69, 9.17) is 24.3 Å². The van der Waals surface area contributed by atoms with Crippen molar-refractivity contribution in [1.29, 1.82) is 0 Å². The van der Waals surface area contributed by atoms with Gasteiger partial charge in [0, 0.05) is 29.6 Å². The summed E-state index contributed by atoms with van der Waals surface area (Å²) in [6.45, 7) is 0.304. The second-order valence-electron chi connectivity index (χ2n) is 5.26. The Hall–Kier alpha value is -0.500. The van der Waals surface area contributed by atoms with E-state index in [0.29, 0.717) is 24.2 Å². The number of aromatic nitrogens is 2. The molecule has 0 saturated heterocycles. The molecule has 0 saturated carbocycles. The van der Waals surface area contributed by atoms with Crippen molar-refractivity contribution in [2.45, 2.75) is 18.4 Å². The van der Waals surface area contributed by atoms with E-state index in [9.17, 15) is 9.13 Å². The van der Waals surface area contributed by atoms with Crippen molar-refractivity contribution in [2.75, 3.05) is 13.2 Å². The Morgan fingerprint density at radius 3 is 2.07 bits per heavy atom. The number of nitrogens with one attached hydrogen (secondary N) is 1. The van der Waals surface area contributed by atoms with Crippen molar-refractivity contribution in [3.8, 4) is 5.88 Å². The molecule has 0 aliphatic heterocycles. The van der Waals surface area contributed by atoms with E-state index in [-0.39, 0.29) is 59.1 Å². The number of benzene rings is 1. The van der Waals surface area contributed by atoms with E-state index in [2.05, 4.69) is 15.3 Å². The van der Waals surface area contributed by atoms with Gasteiger partial charge in [-0.1, -0.05) is 12.1 Å². The van der Waals surface area contributed by atoms with Crippen LogP contribution in [0, 0.1) is 0 Å². The van der Waals surface area contributed by atoms with Gasteiger partial charge in [0.15, 0.2) is 0 Å². The van der Waals surface area contributed by atoms with Crippen molar-refractivity contribution >= 4 is 55.8 Å². The van der Waals surface area contributed by atoms with E-state index < -0.39 is 20.7 Å². The fraction of sp³-hybridized carbons (Fsp3) is 0.385. The van der Waals surface area contributed by atoms with Crippen LogP contribution in [-0.2, 0) is 9.13 Å². The molecular weight excluding hydrogens is 443 g/mol. The average molecular weight is 468 g/mol. The minimum atomic E-state index is -4.95. The third-order valence-corrected chi connectivity index (χ3v) is 6.66. The van der Waals surface area contributed by atoms with E-state index in [1.165, 1.54) is 6.20 Å². The van der Waals surface area contributed by atoms with Crippen molar-refractivity contribution in [2.24, 2.45) is 0 Å². The number of unbranched alkanes of at least 4 members (excludes halogenated alkanes) is 1. The quantitative estimate of drug-likeness (QED) is 0.156. The maximum atomic E-state index is 11.1. The molecule has 29 heavy (non-hydrogen) atoms. The molecule has 2 aromatic rings. The first-order chi connectivity index (χ1) is 11.7. The molecule has 0 fully saturated rings. The van der Waals surface area contributed by atoms with Gasteiger partial charge < -0.3 is 40.7 Å². The van der Waals surface area contributed by atoms with Gasteiger partial charge in [-0.05, 0) is 31.5 Å². The molecule has 16 heteroatoms. The smallest absolute Gasteiger partial charge is 0.354 e. The van der Waals surface area contributed by atoms with Crippen LogP contribution >= 0.6 is 15.2 Å². The first-order valence-electron chi connectivity index (χ1n) is 7.36. The molecule has 0 atom stereocenters. The molecule has 1 radical (unpaired) electrons. The minimum Gasteiger partial charge on any atom is -0.477 e. The predicted octanol–water partition coefficient (Wildman–Crippen LogP) is -1.84. The minimum absolute atomic E-state index is 0. The Labute approximate surface area is 188 Å². The van der Waals surface area contributed by atoms with Crippen molar-refractivity contribution in [3.63, 3.8) is 0 Å². The van der Waals surface area contributed by atoms with Gasteiger partial charge in [-0.2, -0.15) is 0 Å². The van der Waals surface area contributed by atoms with Gasteiger partial charge in [0.1, 0.15) is 0 Å². The summed E-state index contributed by atoms with van der Waals surface area (Å²) in [4.78, 5) is 44.3. The number of ether oxygens (including phenoxy) is 1. The first-order valence-corrected chi connectivity index (χ1v) is 10.7. The summed E-state index contributed by atoms with van der Waals surface area (Å²) in [5.74, 6) is 0.356. The monoisotopic (exact) mass is 468 g/mol. The molecule has 13 nitrogen and oxygen atoms in total. The summed E-state index contributed by atoms with van der Waals surface area (Å²) in [5, 5.41) is 2.21. The van der Waals surface area contributed by atoms with E-state index in [0.717, 1.165) is 5.52 Å². The van der Waals surface area contributed by atoms with Crippen LogP contribution in [-0.4, -0.2) is 94.2 Å². The van der Waals surface area contributed by atoms with Gasteiger partial charge in [0.05, 0.1) is 23.8 Å². The van der Waals surface area contributed by atoms with Gasteiger partial charge in [-0.15, -0.1) is 0 Å². The molecule has 0 amide bonds. The summed E-state index contributed by atoms with van der Waals surface area (Å²) in [6.07, 6.45) is 2.40.